The summed E-state index contributed by atoms with van der Waals surface area (Å²) in [4.78, 5) is 13.1. The van der Waals surface area contributed by atoms with Gasteiger partial charge in [0.2, 0.25) is 5.78 Å². The van der Waals surface area contributed by atoms with Gasteiger partial charge in [-0.25, -0.2) is 0 Å². The lowest BCUT2D eigenvalue weighted by Crippen LogP contribution is -2.09. The first-order valence-electron chi connectivity index (χ1n) is 6.29. The van der Waals surface area contributed by atoms with Crippen LogP contribution in [0, 0.1) is 0 Å². The number of Topliss-reactive ketones (excluding diaryl/α,β-unsaturated/α-hetero) is 1. The van der Waals surface area contributed by atoms with Crippen LogP contribution < -0.4 is 5.73 Å². The van der Waals surface area contributed by atoms with E-state index in [1.807, 2.05) is 0 Å². The lowest BCUT2D eigenvalue weighted by Gasteiger charge is -2.09. The number of hydrogen-bond acceptors (Lipinski definition) is 4. The molecule has 1 aromatic heterocycles. The van der Waals surface area contributed by atoms with Crippen LogP contribution in [0.15, 0.2) is 47.7 Å². The third-order valence-electron chi connectivity index (χ3n) is 3.26. The quantitative estimate of drug-likeness (QED) is 0.915. The number of nitrogens with two attached hydrogens (primary N) is 1. The first kappa shape index (κ1) is 14.6. The maximum atomic E-state index is 12.8. The van der Waals surface area contributed by atoms with Crippen molar-refractivity contribution in [2.75, 3.05) is 0 Å². The summed E-state index contributed by atoms with van der Waals surface area (Å²) in [7, 11) is 0. The van der Waals surface area contributed by atoms with Crippen molar-refractivity contribution in [2.45, 2.75) is 12.3 Å². The average molecular weight is 325 g/mol. The van der Waals surface area contributed by atoms with Gasteiger partial charge in [-0.2, -0.15) is 13.2 Å². The number of benzene rings is 1. The standard InChI is InChI=1S/C15H10F3NO2S/c16-15(17,18)9-4-1-3-8(7-9)11-12(20)13(21-14(11)19)10-5-2-6-22-10/h1-7,13H,19H2. The van der Waals surface area contributed by atoms with Crippen molar-refractivity contribution in [1.82, 2.24) is 0 Å². The van der Waals surface area contributed by atoms with Crippen molar-refractivity contribution in [3.05, 3.63) is 63.7 Å². The Morgan fingerprint density at radius 3 is 2.59 bits per heavy atom. The third kappa shape index (κ3) is 2.48. The molecule has 1 atom stereocenters. The van der Waals surface area contributed by atoms with Gasteiger partial charge in [-0.05, 0) is 29.1 Å². The predicted molar refractivity (Wildman–Crippen MR) is 75.7 cm³/mol. The Balaban J connectivity index is 1.98. The Labute approximate surface area is 127 Å². The maximum absolute atomic E-state index is 12.8. The van der Waals surface area contributed by atoms with Crippen molar-refractivity contribution in [1.29, 1.82) is 0 Å². The first-order chi connectivity index (χ1) is 10.4. The molecule has 0 amide bonds. The molecule has 0 bridgehead atoms. The average Bonchev–Trinajstić information content (AvgIpc) is 3.06. The number of carbonyl (C=O) groups excluding carboxylic acids is 1. The number of thiophene rings is 1. The van der Waals surface area contributed by atoms with Gasteiger partial charge in [0.25, 0.3) is 0 Å². The number of rotatable bonds is 2. The predicted octanol–water partition coefficient (Wildman–Crippen LogP) is 3.73. The van der Waals surface area contributed by atoms with Gasteiger partial charge >= 0.3 is 6.18 Å². The molecule has 7 heteroatoms. The highest BCUT2D eigenvalue weighted by molar-refractivity contribution is 7.10. The number of alkyl halides is 3. The van der Waals surface area contributed by atoms with Crippen LogP contribution >= 0.6 is 11.3 Å². The second-order valence-corrected chi connectivity index (χ2v) is 5.67. The molecule has 2 aromatic rings. The van der Waals surface area contributed by atoms with Crippen molar-refractivity contribution < 1.29 is 22.7 Å². The molecule has 114 valence electrons. The third-order valence-corrected chi connectivity index (χ3v) is 4.17. The van der Waals surface area contributed by atoms with Gasteiger partial charge in [-0.3, -0.25) is 4.79 Å². The van der Waals surface area contributed by atoms with Crippen LogP contribution in [0.3, 0.4) is 0 Å². The van der Waals surface area contributed by atoms with Gasteiger partial charge in [0.05, 0.1) is 16.0 Å². The summed E-state index contributed by atoms with van der Waals surface area (Å²) >= 11 is 1.32. The van der Waals surface area contributed by atoms with Crippen LogP contribution in [-0.4, -0.2) is 5.78 Å². The second kappa shape index (κ2) is 5.17. The van der Waals surface area contributed by atoms with Crippen LogP contribution in [0.2, 0.25) is 0 Å². The molecule has 0 fully saturated rings. The molecule has 1 aliphatic rings. The normalized spacial score (nSPS) is 18.7. The van der Waals surface area contributed by atoms with Gasteiger partial charge in [-0.15, -0.1) is 11.3 Å². The van der Waals surface area contributed by atoms with Crippen LogP contribution in [0.4, 0.5) is 13.2 Å². The van der Waals surface area contributed by atoms with Crippen LogP contribution in [0.1, 0.15) is 22.1 Å². The first-order valence-corrected chi connectivity index (χ1v) is 7.17. The lowest BCUT2D eigenvalue weighted by molar-refractivity contribution is -0.137. The highest BCUT2D eigenvalue weighted by Crippen LogP contribution is 2.39. The van der Waals surface area contributed by atoms with Crippen molar-refractivity contribution in [2.24, 2.45) is 5.73 Å². The van der Waals surface area contributed by atoms with E-state index in [2.05, 4.69) is 0 Å². The van der Waals surface area contributed by atoms with Crippen molar-refractivity contribution >= 4 is 22.7 Å². The molecule has 1 aromatic carbocycles. The zero-order chi connectivity index (χ0) is 15.9. The van der Waals surface area contributed by atoms with Crippen molar-refractivity contribution in [3.8, 4) is 0 Å². The van der Waals surface area contributed by atoms with Gasteiger partial charge in [-0.1, -0.05) is 18.2 Å². The van der Waals surface area contributed by atoms with Gasteiger partial charge in [0.15, 0.2) is 12.0 Å². The van der Waals surface area contributed by atoms with Crippen molar-refractivity contribution in [3.63, 3.8) is 0 Å². The Morgan fingerprint density at radius 1 is 1.18 bits per heavy atom. The van der Waals surface area contributed by atoms with Gasteiger partial charge in [0.1, 0.15) is 0 Å². The molecular formula is C15H10F3NO2S. The number of ketones is 1. The second-order valence-electron chi connectivity index (χ2n) is 4.70. The highest BCUT2D eigenvalue weighted by Gasteiger charge is 2.38. The fourth-order valence-electron chi connectivity index (χ4n) is 2.26. The lowest BCUT2D eigenvalue weighted by atomic mass is 9.98. The van der Waals surface area contributed by atoms with Crippen LogP contribution in [0.5, 0.6) is 0 Å². The SMILES string of the molecule is NC1=C(c2cccc(C(F)(F)F)c2)C(=O)C(c2cccs2)O1. The zero-order valence-electron chi connectivity index (χ0n) is 11.1. The molecular weight excluding hydrogens is 315 g/mol. The van der Waals surface area contributed by atoms with Gasteiger partial charge in [0, 0.05) is 0 Å². The van der Waals surface area contributed by atoms with E-state index in [-0.39, 0.29) is 17.0 Å². The molecule has 2 N–H and O–H groups in total. The number of halogens is 3. The summed E-state index contributed by atoms with van der Waals surface area (Å²) in [5.41, 5.74) is 4.98. The maximum Gasteiger partial charge on any atom is 0.416 e. The number of ether oxygens (including phenoxy) is 1. The summed E-state index contributed by atoms with van der Waals surface area (Å²) in [5.74, 6) is -0.581. The Bertz CT molecular complexity index is 750. The molecule has 0 saturated carbocycles. The van der Waals surface area contributed by atoms with E-state index in [1.165, 1.54) is 23.5 Å². The zero-order valence-corrected chi connectivity index (χ0v) is 11.9. The minimum atomic E-state index is -4.49. The number of carbonyl (C=O) groups is 1. The molecule has 0 aliphatic carbocycles. The smallest absolute Gasteiger partial charge is 0.416 e. The highest BCUT2D eigenvalue weighted by atomic mass is 32.1. The number of hydrogen-bond donors (Lipinski definition) is 1. The molecule has 1 unspecified atom stereocenters. The largest absolute Gasteiger partial charge is 0.461 e. The molecule has 1 aliphatic heterocycles. The van der Waals surface area contributed by atoms with E-state index in [4.69, 9.17) is 10.5 Å². The molecule has 22 heavy (non-hydrogen) atoms. The minimum Gasteiger partial charge on any atom is -0.461 e. The topological polar surface area (TPSA) is 52.3 Å². The van der Waals surface area contributed by atoms with Crippen LogP contribution in [-0.2, 0) is 15.7 Å². The summed E-state index contributed by atoms with van der Waals surface area (Å²) in [6, 6.07) is 7.97. The fourth-order valence-corrected chi connectivity index (χ4v) is 3.01. The molecule has 2 heterocycles. The monoisotopic (exact) mass is 325 g/mol. The van der Waals surface area contributed by atoms with Crippen LogP contribution in [0.25, 0.3) is 5.57 Å². The summed E-state index contributed by atoms with van der Waals surface area (Å²) in [5, 5.41) is 1.78. The summed E-state index contributed by atoms with van der Waals surface area (Å²) < 4.78 is 43.7. The van der Waals surface area contributed by atoms with E-state index in [0.29, 0.717) is 4.88 Å². The molecule has 0 radical (unpaired) electrons. The molecule has 0 saturated heterocycles. The molecule has 0 spiro atoms. The Kier molecular flexibility index (Phi) is 3.44. The Morgan fingerprint density at radius 2 is 1.95 bits per heavy atom. The van der Waals surface area contributed by atoms with Gasteiger partial charge < -0.3 is 10.5 Å². The van der Waals surface area contributed by atoms with E-state index < -0.39 is 23.6 Å². The van der Waals surface area contributed by atoms with E-state index in [1.54, 1.807) is 17.5 Å². The Hall–Kier alpha value is -2.28. The van der Waals surface area contributed by atoms with E-state index in [0.717, 1.165) is 12.1 Å². The molecule has 3 rings (SSSR count). The molecule has 3 nitrogen and oxygen atoms in total. The van der Waals surface area contributed by atoms with E-state index >= 15 is 0 Å². The van der Waals surface area contributed by atoms with E-state index in [9.17, 15) is 18.0 Å². The fraction of sp³-hybridized carbons (Fsp3) is 0.133. The summed E-state index contributed by atoms with van der Waals surface area (Å²) in [6.07, 6.45) is -5.37. The summed E-state index contributed by atoms with van der Waals surface area (Å²) in [6.45, 7) is 0. The minimum absolute atomic E-state index is 0.00972.